The lowest BCUT2D eigenvalue weighted by atomic mass is 9.87. The van der Waals surface area contributed by atoms with Gasteiger partial charge in [0.15, 0.2) is 5.78 Å². The van der Waals surface area contributed by atoms with Crippen LogP contribution in [0.4, 0.5) is 0 Å². The average Bonchev–Trinajstić information content (AvgIpc) is 3.48. The van der Waals surface area contributed by atoms with Gasteiger partial charge in [0.25, 0.3) is 0 Å². The fourth-order valence-corrected chi connectivity index (χ4v) is 5.60. The molecule has 4 fully saturated rings. The second-order valence-electron chi connectivity index (χ2n) is 12.4. The van der Waals surface area contributed by atoms with Crippen LogP contribution in [-0.2, 0) is 36.9 Å². The van der Waals surface area contributed by atoms with Gasteiger partial charge in [0.1, 0.15) is 17.9 Å². The first kappa shape index (κ1) is 41.2. The number of piperidine rings is 4. The molecule has 0 radical (unpaired) electrons. The smallest absolute Gasteiger partial charge is 0.221 e. The average molecular weight is 648 g/mol. The van der Waals surface area contributed by atoms with Crippen molar-refractivity contribution in [2.24, 2.45) is 11.7 Å². The van der Waals surface area contributed by atoms with E-state index in [-0.39, 0.29) is 24.2 Å². The molecule has 1 unspecified atom stereocenters. The third kappa shape index (κ3) is 19.0. The number of hydrogen-bond donors (Lipinski definition) is 3. The van der Waals surface area contributed by atoms with Gasteiger partial charge in [0, 0.05) is 25.1 Å². The molecule has 5 rings (SSSR count). The fraction of sp³-hybridized carbons (Fsp3) is 0.765. The van der Waals surface area contributed by atoms with Crippen molar-refractivity contribution in [3.05, 3.63) is 18.2 Å². The first-order chi connectivity index (χ1) is 22.1. The molecule has 4 saturated heterocycles. The second kappa shape index (κ2) is 25.3. The Kier molecular flexibility index (Phi) is 22.7. The molecule has 4 aliphatic heterocycles. The first-order valence-electron chi connectivity index (χ1n) is 17.2. The van der Waals surface area contributed by atoms with E-state index < -0.39 is 0 Å². The van der Waals surface area contributed by atoms with E-state index in [1.54, 1.807) is 17.8 Å². The number of rotatable bonds is 15. The Morgan fingerprint density at radius 2 is 1.78 bits per heavy atom. The minimum atomic E-state index is -0.351. The van der Waals surface area contributed by atoms with E-state index in [2.05, 4.69) is 32.3 Å². The van der Waals surface area contributed by atoms with Crippen LogP contribution in [0.3, 0.4) is 0 Å². The number of aromatic nitrogens is 2. The number of ketones is 3. The standard InChI is InChI=1S/C11H23N3O2.C8H12N2O.C8H15NO.C7H11NO/c1-9(15)10(5-3-4-8-13-2)14-11(16)6-7-12;1-2-3-8-6-10(4-5-11)7-9-8;1-8(10)7-9-5-3-2-4-6-9;9-7-5-8-3-1-6(7)2-4-8/h10,13H,3-8,12H2,1-2H3,(H,14,16);5-7H,2-4H2,1H3;2-7H2,1H3;6H,1-5H2. The predicted molar refractivity (Wildman–Crippen MR) is 181 cm³/mol. The van der Waals surface area contributed by atoms with Gasteiger partial charge < -0.3 is 25.7 Å². The Labute approximate surface area is 276 Å². The lowest BCUT2D eigenvalue weighted by molar-refractivity contribution is -0.130. The number of aldehydes is 1. The Morgan fingerprint density at radius 1 is 1.09 bits per heavy atom. The number of carbonyl (C=O) groups is 5. The van der Waals surface area contributed by atoms with E-state index in [9.17, 15) is 24.0 Å². The molecule has 4 N–H and O–H groups in total. The fourth-order valence-electron chi connectivity index (χ4n) is 5.60. The summed E-state index contributed by atoms with van der Waals surface area (Å²) < 4.78 is 1.79. The molecule has 12 heteroatoms. The highest BCUT2D eigenvalue weighted by Crippen LogP contribution is 2.23. The zero-order chi connectivity index (χ0) is 34.2. The van der Waals surface area contributed by atoms with Crippen molar-refractivity contribution in [3.63, 3.8) is 0 Å². The van der Waals surface area contributed by atoms with Gasteiger partial charge in [-0.25, -0.2) is 4.98 Å². The SMILES string of the molecule is CC(=O)CN1CCCCC1.CCCc1cn(CC=O)cn1.CNCCCCC(NC(=O)CCN)C(C)=O.O=C1CN2CCC1CC2. The molecule has 0 saturated carbocycles. The van der Waals surface area contributed by atoms with Crippen LogP contribution in [0.25, 0.3) is 0 Å². The summed E-state index contributed by atoms with van der Waals surface area (Å²) in [5, 5.41) is 5.75. The zero-order valence-corrected chi connectivity index (χ0v) is 28.9. The Hall–Kier alpha value is -2.80. The summed E-state index contributed by atoms with van der Waals surface area (Å²) in [6, 6.07) is -0.351. The van der Waals surface area contributed by atoms with Crippen LogP contribution in [0.1, 0.15) is 90.7 Å². The summed E-state index contributed by atoms with van der Waals surface area (Å²) in [6.07, 6.45) is 15.6. The van der Waals surface area contributed by atoms with Crippen molar-refractivity contribution < 1.29 is 24.0 Å². The molecule has 1 atom stereocenters. The molecular weight excluding hydrogens is 586 g/mol. The third-order valence-electron chi connectivity index (χ3n) is 8.16. The highest BCUT2D eigenvalue weighted by molar-refractivity contribution is 5.87. The van der Waals surface area contributed by atoms with E-state index in [0.717, 1.165) is 89.8 Å². The molecule has 1 aromatic rings. The predicted octanol–water partition coefficient (Wildman–Crippen LogP) is 2.18. The normalized spacial score (nSPS) is 19.3. The van der Waals surface area contributed by atoms with E-state index in [1.165, 1.54) is 26.2 Å². The number of nitrogens with one attached hydrogen (secondary N) is 2. The number of nitrogens with two attached hydrogens (primary N) is 1. The summed E-state index contributed by atoms with van der Waals surface area (Å²) >= 11 is 0. The number of fused-ring (bicyclic) bond motifs is 3. The van der Waals surface area contributed by atoms with Crippen molar-refractivity contribution in [2.75, 3.05) is 59.4 Å². The third-order valence-corrected chi connectivity index (χ3v) is 8.16. The molecule has 4 aliphatic rings. The quantitative estimate of drug-likeness (QED) is 0.190. The maximum Gasteiger partial charge on any atom is 0.221 e. The number of aryl methyl sites for hydroxylation is 1. The summed E-state index contributed by atoms with van der Waals surface area (Å²) in [5.74, 6) is 1.08. The van der Waals surface area contributed by atoms with Crippen molar-refractivity contribution in [1.29, 1.82) is 0 Å². The lowest BCUT2D eigenvalue weighted by Gasteiger charge is -2.37. The van der Waals surface area contributed by atoms with Crippen LogP contribution in [-0.4, -0.2) is 114 Å². The number of hydrogen-bond acceptors (Lipinski definition) is 10. The molecule has 0 spiro atoms. The molecule has 0 aromatic carbocycles. The van der Waals surface area contributed by atoms with Gasteiger partial charge >= 0.3 is 0 Å². The number of unbranched alkanes of at least 4 members (excludes halogenated alkanes) is 1. The number of Topliss-reactive ketones (excluding diaryl/α,β-unsaturated/α-hetero) is 3. The van der Waals surface area contributed by atoms with Crippen molar-refractivity contribution in [1.82, 2.24) is 30.0 Å². The highest BCUT2D eigenvalue weighted by atomic mass is 16.2. The van der Waals surface area contributed by atoms with Gasteiger partial charge in [-0.05, 0) is 105 Å². The van der Waals surface area contributed by atoms with Gasteiger partial charge in [0.2, 0.25) is 5.91 Å². The lowest BCUT2D eigenvalue weighted by Crippen LogP contribution is -2.47. The van der Waals surface area contributed by atoms with Crippen LogP contribution in [0, 0.1) is 5.92 Å². The van der Waals surface area contributed by atoms with Gasteiger partial charge in [-0.15, -0.1) is 0 Å². The largest absolute Gasteiger partial charge is 0.346 e. The molecule has 46 heavy (non-hydrogen) atoms. The molecule has 1 amide bonds. The number of carbonyl (C=O) groups excluding carboxylic acids is 5. The molecule has 5 heterocycles. The summed E-state index contributed by atoms with van der Waals surface area (Å²) in [4.78, 5) is 63.0. The molecule has 262 valence electrons. The van der Waals surface area contributed by atoms with Gasteiger partial charge in [-0.3, -0.25) is 29.0 Å². The Bertz CT molecular complexity index is 1020. The first-order valence-corrected chi connectivity index (χ1v) is 17.2. The van der Waals surface area contributed by atoms with Crippen molar-refractivity contribution in [2.45, 2.75) is 104 Å². The Balaban J connectivity index is 0.000000313. The van der Waals surface area contributed by atoms with Gasteiger partial charge in [0.05, 0.1) is 37.7 Å². The van der Waals surface area contributed by atoms with Crippen LogP contribution >= 0.6 is 0 Å². The number of amides is 1. The second-order valence-corrected chi connectivity index (χ2v) is 12.4. The van der Waals surface area contributed by atoms with E-state index in [4.69, 9.17) is 5.73 Å². The molecule has 1 aromatic heterocycles. The minimum Gasteiger partial charge on any atom is -0.346 e. The maximum absolute atomic E-state index is 11.3. The number of nitrogens with zero attached hydrogens (tertiary/aromatic N) is 4. The van der Waals surface area contributed by atoms with E-state index in [0.29, 0.717) is 43.5 Å². The van der Waals surface area contributed by atoms with Crippen molar-refractivity contribution >= 4 is 29.5 Å². The molecular formula is C34H61N7O5. The monoisotopic (exact) mass is 647 g/mol. The Morgan fingerprint density at radius 3 is 2.26 bits per heavy atom. The van der Waals surface area contributed by atoms with E-state index >= 15 is 0 Å². The van der Waals surface area contributed by atoms with Crippen LogP contribution in [0.5, 0.6) is 0 Å². The van der Waals surface area contributed by atoms with E-state index in [1.807, 2.05) is 13.2 Å². The molecule has 0 aliphatic carbocycles. The van der Waals surface area contributed by atoms with Crippen LogP contribution < -0.4 is 16.4 Å². The number of imidazole rings is 1. The topological polar surface area (TPSA) is 160 Å². The van der Waals surface area contributed by atoms with Gasteiger partial charge in [-0.1, -0.05) is 19.8 Å². The van der Waals surface area contributed by atoms with Crippen LogP contribution in [0.2, 0.25) is 0 Å². The maximum atomic E-state index is 11.3. The summed E-state index contributed by atoms with van der Waals surface area (Å²) in [7, 11) is 1.89. The summed E-state index contributed by atoms with van der Waals surface area (Å²) in [5.41, 5.74) is 6.33. The minimum absolute atomic E-state index is 0.00910. The zero-order valence-electron chi connectivity index (χ0n) is 28.9. The molecule has 2 bridgehead atoms. The highest BCUT2D eigenvalue weighted by Gasteiger charge is 2.31. The van der Waals surface area contributed by atoms with Crippen LogP contribution in [0.15, 0.2) is 12.5 Å². The van der Waals surface area contributed by atoms with Gasteiger partial charge in [-0.2, -0.15) is 0 Å². The molecule has 12 nitrogen and oxygen atoms in total. The summed E-state index contributed by atoms with van der Waals surface area (Å²) in [6.45, 7) is 12.9. The van der Waals surface area contributed by atoms with Crippen molar-refractivity contribution in [3.8, 4) is 0 Å². The number of likely N-dealkylation sites (tertiary alicyclic amines) is 1.